The van der Waals surface area contributed by atoms with E-state index in [-0.39, 0.29) is 11.2 Å². The van der Waals surface area contributed by atoms with E-state index < -0.39 is 0 Å². The molecule has 0 saturated carbocycles. The van der Waals surface area contributed by atoms with Crippen LogP contribution in [0.15, 0.2) is 11.2 Å². The van der Waals surface area contributed by atoms with Crippen molar-refractivity contribution >= 4 is 17.7 Å². The fourth-order valence-corrected chi connectivity index (χ4v) is 3.00. The molecule has 3 N–H and O–H groups in total. The Morgan fingerprint density at radius 1 is 1.44 bits per heavy atom. The highest BCUT2D eigenvalue weighted by Crippen LogP contribution is 2.22. The second-order valence-electron chi connectivity index (χ2n) is 5.59. The lowest BCUT2D eigenvalue weighted by Gasteiger charge is -2.11. The first kappa shape index (κ1) is 19.3. The molecule has 2 rings (SSSR count). The van der Waals surface area contributed by atoms with Crippen molar-refractivity contribution in [2.45, 2.75) is 44.5 Å². The summed E-state index contributed by atoms with van der Waals surface area (Å²) in [5, 5.41) is 15.5. The van der Waals surface area contributed by atoms with Crippen LogP contribution in [0.25, 0.3) is 5.95 Å². The number of amides is 1. The van der Waals surface area contributed by atoms with Crippen LogP contribution in [-0.2, 0) is 9.53 Å². The van der Waals surface area contributed by atoms with Gasteiger partial charge in [0.15, 0.2) is 0 Å². The standard InChI is InChI=1S/C15H25N7O2S/c1-5-24-8-6-7-17-13(23)12(4)25-15-19-18-14(21(15)16)22-11(3)9-10(2)20-22/h9,12H,5-8,16H2,1-4H3,(H,17,23). The molecule has 25 heavy (non-hydrogen) atoms. The number of nitrogens with two attached hydrogens (primary N) is 1. The Morgan fingerprint density at radius 3 is 2.84 bits per heavy atom. The van der Waals surface area contributed by atoms with Crippen LogP contribution in [0.4, 0.5) is 0 Å². The highest BCUT2D eigenvalue weighted by molar-refractivity contribution is 8.00. The van der Waals surface area contributed by atoms with Crippen molar-refractivity contribution in [1.82, 2.24) is 30.0 Å². The van der Waals surface area contributed by atoms with Crippen LogP contribution in [0.3, 0.4) is 0 Å². The maximum absolute atomic E-state index is 12.1. The largest absolute Gasteiger partial charge is 0.382 e. The van der Waals surface area contributed by atoms with Gasteiger partial charge in [-0.05, 0) is 40.2 Å². The van der Waals surface area contributed by atoms with E-state index in [2.05, 4.69) is 20.6 Å². The fourth-order valence-electron chi connectivity index (χ4n) is 2.21. The normalized spacial score (nSPS) is 12.3. The monoisotopic (exact) mass is 367 g/mol. The molecule has 0 aliphatic heterocycles. The molecule has 1 atom stereocenters. The zero-order valence-corrected chi connectivity index (χ0v) is 15.8. The number of nitrogens with zero attached hydrogens (tertiary/aromatic N) is 5. The fraction of sp³-hybridized carbons (Fsp3) is 0.600. The molecule has 0 aliphatic carbocycles. The number of carbonyl (C=O) groups excluding carboxylic acids is 1. The van der Waals surface area contributed by atoms with Gasteiger partial charge < -0.3 is 15.9 Å². The SMILES string of the molecule is CCOCCCNC(=O)C(C)Sc1nnc(-n2nc(C)cc2C)n1N. The molecule has 0 saturated heterocycles. The van der Waals surface area contributed by atoms with Crippen LogP contribution in [0.2, 0.25) is 0 Å². The van der Waals surface area contributed by atoms with Gasteiger partial charge >= 0.3 is 0 Å². The summed E-state index contributed by atoms with van der Waals surface area (Å²) in [6.45, 7) is 9.47. The lowest BCUT2D eigenvalue weighted by molar-refractivity contribution is -0.120. The van der Waals surface area contributed by atoms with E-state index in [4.69, 9.17) is 10.6 Å². The Balaban J connectivity index is 1.94. The van der Waals surface area contributed by atoms with Crippen LogP contribution in [0.1, 0.15) is 31.7 Å². The molecular formula is C15H25N7O2S. The van der Waals surface area contributed by atoms with E-state index >= 15 is 0 Å². The molecule has 10 heteroatoms. The number of ether oxygens (including phenoxy) is 1. The highest BCUT2D eigenvalue weighted by atomic mass is 32.2. The predicted molar refractivity (Wildman–Crippen MR) is 96.2 cm³/mol. The average molecular weight is 367 g/mol. The van der Waals surface area contributed by atoms with Gasteiger partial charge in [-0.3, -0.25) is 4.79 Å². The molecule has 0 fully saturated rings. The number of nitrogen functional groups attached to an aromatic ring is 1. The minimum absolute atomic E-state index is 0.0721. The van der Waals surface area contributed by atoms with Crippen molar-refractivity contribution < 1.29 is 9.53 Å². The third-order valence-electron chi connectivity index (χ3n) is 3.47. The molecule has 2 heterocycles. The lowest BCUT2D eigenvalue weighted by atomic mass is 10.4. The first-order chi connectivity index (χ1) is 11.9. The second-order valence-corrected chi connectivity index (χ2v) is 6.90. The number of aromatic nitrogens is 5. The summed E-state index contributed by atoms with van der Waals surface area (Å²) in [7, 11) is 0. The van der Waals surface area contributed by atoms with Crippen molar-refractivity contribution in [3.63, 3.8) is 0 Å². The molecule has 2 aromatic rings. The Labute approximate surface area is 151 Å². The van der Waals surface area contributed by atoms with Crippen LogP contribution >= 0.6 is 11.8 Å². The molecule has 0 radical (unpaired) electrons. The quantitative estimate of drug-likeness (QED) is 0.383. The van der Waals surface area contributed by atoms with Gasteiger partial charge in [0, 0.05) is 25.5 Å². The van der Waals surface area contributed by atoms with Gasteiger partial charge in [0.1, 0.15) is 0 Å². The predicted octanol–water partition coefficient (Wildman–Crippen LogP) is 0.818. The summed E-state index contributed by atoms with van der Waals surface area (Å²) >= 11 is 1.25. The van der Waals surface area contributed by atoms with E-state index in [9.17, 15) is 4.79 Å². The van der Waals surface area contributed by atoms with Gasteiger partial charge in [-0.15, -0.1) is 10.2 Å². The molecule has 1 amide bonds. The summed E-state index contributed by atoms with van der Waals surface area (Å²) < 4.78 is 8.22. The summed E-state index contributed by atoms with van der Waals surface area (Å²) in [5.41, 5.74) is 1.78. The molecule has 0 aromatic carbocycles. The van der Waals surface area contributed by atoms with Gasteiger partial charge in [0.05, 0.1) is 10.9 Å². The van der Waals surface area contributed by atoms with Crippen molar-refractivity contribution in [1.29, 1.82) is 0 Å². The third kappa shape index (κ3) is 4.95. The molecular weight excluding hydrogens is 342 g/mol. The number of hydrogen-bond acceptors (Lipinski definition) is 7. The van der Waals surface area contributed by atoms with E-state index in [0.717, 1.165) is 17.8 Å². The van der Waals surface area contributed by atoms with E-state index in [1.165, 1.54) is 16.4 Å². The summed E-state index contributed by atoms with van der Waals surface area (Å²) in [6, 6.07) is 1.93. The van der Waals surface area contributed by atoms with E-state index in [1.54, 1.807) is 11.6 Å². The smallest absolute Gasteiger partial charge is 0.271 e. The number of rotatable bonds is 9. The summed E-state index contributed by atoms with van der Waals surface area (Å²) in [5.74, 6) is 6.42. The van der Waals surface area contributed by atoms with E-state index in [1.807, 2.05) is 26.8 Å². The minimum Gasteiger partial charge on any atom is -0.382 e. The first-order valence-corrected chi connectivity index (χ1v) is 9.08. The minimum atomic E-state index is -0.341. The highest BCUT2D eigenvalue weighted by Gasteiger charge is 2.20. The number of hydrogen-bond donors (Lipinski definition) is 2. The van der Waals surface area contributed by atoms with Crippen molar-refractivity contribution in [3.05, 3.63) is 17.5 Å². The van der Waals surface area contributed by atoms with Gasteiger partial charge in [-0.2, -0.15) is 5.10 Å². The molecule has 0 bridgehead atoms. The molecule has 9 nitrogen and oxygen atoms in total. The number of carbonyl (C=O) groups is 1. The van der Waals surface area contributed by atoms with E-state index in [0.29, 0.717) is 30.9 Å². The first-order valence-electron chi connectivity index (χ1n) is 8.20. The van der Waals surface area contributed by atoms with Crippen molar-refractivity contribution in [2.24, 2.45) is 0 Å². The molecule has 1 unspecified atom stereocenters. The Hall–Kier alpha value is -2.07. The molecule has 0 spiro atoms. The van der Waals surface area contributed by atoms with Gasteiger partial charge in [0.25, 0.3) is 5.95 Å². The molecule has 138 valence electrons. The van der Waals surface area contributed by atoms with Crippen molar-refractivity contribution in [3.8, 4) is 5.95 Å². The lowest BCUT2D eigenvalue weighted by Crippen LogP contribution is -2.32. The summed E-state index contributed by atoms with van der Waals surface area (Å²) in [6.07, 6.45) is 0.784. The Kier molecular flexibility index (Phi) is 6.82. The average Bonchev–Trinajstić information content (AvgIpc) is 3.09. The van der Waals surface area contributed by atoms with Crippen LogP contribution < -0.4 is 11.2 Å². The second kappa shape index (κ2) is 8.86. The number of nitrogens with one attached hydrogen (secondary N) is 1. The van der Waals surface area contributed by atoms with Crippen LogP contribution in [0.5, 0.6) is 0 Å². The summed E-state index contributed by atoms with van der Waals surface area (Å²) in [4.78, 5) is 12.1. The Morgan fingerprint density at radius 2 is 2.20 bits per heavy atom. The maximum atomic E-state index is 12.1. The molecule has 0 aliphatic rings. The van der Waals surface area contributed by atoms with Gasteiger partial charge in [-0.1, -0.05) is 11.8 Å². The number of thioether (sulfide) groups is 1. The zero-order valence-electron chi connectivity index (χ0n) is 15.0. The van der Waals surface area contributed by atoms with Crippen LogP contribution in [-0.4, -0.2) is 55.6 Å². The topological polar surface area (TPSA) is 113 Å². The van der Waals surface area contributed by atoms with Gasteiger partial charge in [0.2, 0.25) is 11.1 Å². The van der Waals surface area contributed by atoms with Crippen molar-refractivity contribution in [2.75, 3.05) is 25.6 Å². The maximum Gasteiger partial charge on any atom is 0.271 e. The zero-order chi connectivity index (χ0) is 18.4. The third-order valence-corrected chi connectivity index (χ3v) is 4.52. The van der Waals surface area contributed by atoms with Gasteiger partial charge in [-0.25, -0.2) is 9.36 Å². The molecule has 2 aromatic heterocycles. The Bertz CT molecular complexity index is 713. The number of aryl methyl sites for hydroxylation is 2. The van der Waals surface area contributed by atoms with Crippen LogP contribution in [0, 0.1) is 13.8 Å².